The highest BCUT2D eigenvalue weighted by Crippen LogP contribution is 2.28. The maximum Gasteiger partial charge on any atom is 0.249 e. The second kappa shape index (κ2) is 6.25. The molecule has 0 spiro atoms. The van der Waals surface area contributed by atoms with E-state index in [1.54, 1.807) is 6.07 Å². The second-order valence-corrected chi connectivity index (χ2v) is 5.91. The van der Waals surface area contributed by atoms with Crippen molar-refractivity contribution in [2.45, 2.75) is 37.1 Å². The number of hydrogen-bond acceptors (Lipinski definition) is 3. The Labute approximate surface area is 113 Å². The van der Waals surface area contributed by atoms with E-state index in [2.05, 4.69) is 11.6 Å². The standard InChI is InChI=1S/C14H20N2OS/c1-18-12-7-6-11(8-12)16-9-10-4-2-3-5-13(10)14(15)17/h2-5,11-12,16H,6-9H2,1H3,(H2,15,17). The van der Waals surface area contributed by atoms with Crippen molar-refractivity contribution in [3.63, 3.8) is 0 Å². The molecule has 2 rings (SSSR count). The monoisotopic (exact) mass is 264 g/mol. The van der Waals surface area contributed by atoms with E-state index in [1.165, 1.54) is 19.3 Å². The van der Waals surface area contributed by atoms with Crippen molar-refractivity contribution in [3.8, 4) is 0 Å². The smallest absolute Gasteiger partial charge is 0.249 e. The van der Waals surface area contributed by atoms with Gasteiger partial charge in [0, 0.05) is 23.4 Å². The molecule has 98 valence electrons. The quantitative estimate of drug-likeness (QED) is 0.857. The number of nitrogens with two attached hydrogens (primary N) is 1. The molecule has 0 bridgehead atoms. The largest absolute Gasteiger partial charge is 0.366 e. The summed E-state index contributed by atoms with van der Waals surface area (Å²) < 4.78 is 0. The lowest BCUT2D eigenvalue weighted by Crippen LogP contribution is -2.27. The van der Waals surface area contributed by atoms with Gasteiger partial charge in [0.2, 0.25) is 5.91 Å². The van der Waals surface area contributed by atoms with Gasteiger partial charge >= 0.3 is 0 Å². The summed E-state index contributed by atoms with van der Waals surface area (Å²) in [5.41, 5.74) is 7.00. The molecule has 4 heteroatoms. The molecular weight excluding hydrogens is 244 g/mol. The molecule has 1 aromatic carbocycles. The van der Waals surface area contributed by atoms with Crippen LogP contribution in [0.15, 0.2) is 24.3 Å². The molecule has 2 unspecified atom stereocenters. The molecule has 1 aliphatic rings. The van der Waals surface area contributed by atoms with Crippen LogP contribution in [0.3, 0.4) is 0 Å². The maximum atomic E-state index is 11.3. The fraction of sp³-hybridized carbons (Fsp3) is 0.500. The third kappa shape index (κ3) is 3.27. The van der Waals surface area contributed by atoms with Crippen LogP contribution in [0.4, 0.5) is 0 Å². The molecule has 1 aliphatic carbocycles. The van der Waals surface area contributed by atoms with Gasteiger partial charge in [0.15, 0.2) is 0 Å². The van der Waals surface area contributed by atoms with Crippen LogP contribution >= 0.6 is 11.8 Å². The Morgan fingerprint density at radius 3 is 2.89 bits per heavy atom. The summed E-state index contributed by atoms with van der Waals surface area (Å²) in [6, 6.07) is 8.13. The van der Waals surface area contributed by atoms with E-state index in [9.17, 15) is 4.79 Å². The summed E-state index contributed by atoms with van der Waals surface area (Å²) in [7, 11) is 0. The molecule has 1 fully saturated rings. The van der Waals surface area contributed by atoms with E-state index < -0.39 is 0 Å². The molecule has 3 nitrogen and oxygen atoms in total. The zero-order valence-electron chi connectivity index (χ0n) is 10.7. The summed E-state index contributed by atoms with van der Waals surface area (Å²) in [6.45, 7) is 0.727. The van der Waals surface area contributed by atoms with Crippen LogP contribution in [0.5, 0.6) is 0 Å². The highest BCUT2D eigenvalue weighted by Gasteiger charge is 2.23. The first-order valence-electron chi connectivity index (χ1n) is 6.34. The van der Waals surface area contributed by atoms with Crippen LogP contribution in [-0.4, -0.2) is 23.5 Å². The minimum absolute atomic E-state index is 0.346. The average molecular weight is 264 g/mol. The first kappa shape index (κ1) is 13.4. The number of carbonyl (C=O) groups is 1. The molecule has 0 aromatic heterocycles. The Morgan fingerprint density at radius 1 is 1.44 bits per heavy atom. The molecule has 18 heavy (non-hydrogen) atoms. The van der Waals surface area contributed by atoms with Gasteiger partial charge in [-0.2, -0.15) is 11.8 Å². The normalized spacial score (nSPS) is 23.2. The summed E-state index contributed by atoms with van der Waals surface area (Å²) in [5, 5.41) is 4.32. The number of nitrogens with one attached hydrogen (secondary N) is 1. The van der Waals surface area contributed by atoms with Crippen LogP contribution in [-0.2, 0) is 6.54 Å². The number of thioether (sulfide) groups is 1. The van der Waals surface area contributed by atoms with Crippen molar-refractivity contribution in [2.24, 2.45) is 5.73 Å². The Kier molecular flexibility index (Phi) is 4.66. The van der Waals surface area contributed by atoms with Crippen molar-refractivity contribution in [2.75, 3.05) is 6.26 Å². The Morgan fingerprint density at radius 2 is 2.22 bits per heavy atom. The number of hydrogen-bond donors (Lipinski definition) is 2. The van der Waals surface area contributed by atoms with Crippen LogP contribution < -0.4 is 11.1 Å². The lowest BCUT2D eigenvalue weighted by Gasteiger charge is -2.14. The highest BCUT2D eigenvalue weighted by atomic mass is 32.2. The van der Waals surface area contributed by atoms with Gasteiger partial charge in [0.05, 0.1) is 0 Å². The predicted octanol–water partition coefficient (Wildman–Crippen LogP) is 2.16. The van der Waals surface area contributed by atoms with E-state index in [0.717, 1.165) is 17.4 Å². The third-order valence-electron chi connectivity index (χ3n) is 3.58. The van der Waals surface area contributed by atoms with Crippen molar-refractivity contribution in [3.05, 3.63) is 35.4 Å². The van der Waals surface area contributed by atoms with E-state index >= 15 is 0 Å². The number of rotatable bonds is 5. The van der Waals surface area contributed by atoms with Crippen LogP contribution in [0.25, 0.3) is 0 Å². The van der Waals surface area contributed by atoms with Gasteiger partial charge in [-0.1, -0.05) is 18.2 Å². The van der Waals surface area contributed by atoms with E-state index in [1.807, 2.05) is 30.0 Å². The summed E-state index contributed by atoms with van der Waals surface area (Å²) in [6.07, 6.45) is 5.91. The van der Waals surface area contributed by atoms with E-state index in [0.29, 0.717) is 11.6 Å². The van der Waals surface area contributed by atoms with Crippen molar-refractivity contribution in [1.82, 2.24) is 5.32 Å². The van der Waals surface area contributed by atoms with Crippen LogP contribution in [0, 0.1) is 0 Å². The Bertz CT molecular complexity index is 422. The zero-order chi connectivity index (χ0) is 13.0. The van der Waals surface area contributed by atoms with Gasteiger partial charge in [-0.25, -0.2) is 0 Å². The van der Waals surface area contributed by atoms with Crippen molar-refractivity contribution >= 4 is 17.7 Å². The number of benzene rings is 1. The fourth-order valence-electron chi connectivity index (χ4n) is 2.51. The van der Waals surface area contributed by atoms with Crippen molar-refractivity contribution in [1.29, 1.82) is 0 Å². The van der Waals surface area contributed by atoms with Gasteiger partial charge in [-0.3, -0.25) is 4.79 Å². The van der Waals surface area contributed by atoms with Crippen LogP contribution in [0.1, 0.15) is 35.2 Å². The van der Waals surface area contributed by atoms with E-state index in [-0.39, 0.29) is 5.91 Å². The molecular formula is C14H20N2OS. The molecule has 2 atom stereocenters. The zero-order valence-corrected chi connectivity index (χ0v) is 11.5. The number of amides is 1. The van der Waals surface area contributed by atoms with Crippen molar-refractivity contribution < 1.29 is 4.79 Å². The first-order valence-corrected chi connectivity index (χ1v) is 7.63. The van der Waals surface area contributed by atoms with Gasteiger partial charge in [-0.15, -0.1) is 0 Å². The fourth-order valence-corrected chi connectivity index (χ4v) is 3.31. The lowest BCUT2D eigenvalue weighted by atomic mass is 10.1. The van der Waals surface area contributed by atoms with Gasteiger partial charge in [-0.05, 0) is 37.1 Å². The SMILES string of the molecule is CSC1CCC(NCc2ccccc2C(N)=O)C1. The Balaban J connectivity index is 1.92. The predicted molar refractivity (Wildman–Crippen MR) is 76.7 cm³/mol. The molecule has 0 aliphatic heterocycles. The topological polar surface area (TPSA) is 55.1 Å². The molecule has 1 saturated carbocycles. The molecule has 3 N–H and O–H groups in total. The summed E-state index contributed by atoms with van der Waals surface area (Å²) >= 11 is 1.95. The average Bonchev–Trinajstić information content (AvgIpc) is 2.84. The molecule has 0 radical (unpaired) electrons. The Hall–Kier alpha value is -1.00. The van der Waals surface area contributed by atoms with Gasteiger partial charge in [0.25, 0.3) is 0 Å². The number of carbonyl (C=O) groups excluding carboxylic acids is 1. The summed E-state index contributed by atoms with van der Waals surface area (Å²) in [4.78, 5) is 11.3. The highest BCUT2D eigenvalue weighted by molar-refractivity contribution is 7.99. The minimum Gasteiger partial charge on any atom is -0.366 e. The van der Waals surface area contributed by atoms with Crippen LogP contribution in [0.2, 0.25) is 0 Å². The summed E-state index contributed by atoms with van der Waals surface area (Å²) in [5.74, 6) is -0.346. The lowest BCUT2D eigenvalue weighted by molar-refractivity contribution is 0.0999. The maximum absolute atomic E-state index is 11.3. The van der Waals surface area contributed by atoms with Gasteiger partial charge in [0.1, 0.15) is 0 Å². The van der Waals surface area contributed by atoms with Gasteiger partial charge < -0.3 is 11.1 Å². The minimum atomic E-state index is -0.346. The first-order chi connectivity index (χ1) is 8.70. The van der Waals surface area contributed by atoms with E-state index in [4.69, 9.17) is 5.73 Å². The molecule has 1 amide bonds. The third-order valence-corrected chi connectivity index (χ3v) is 4.68. The number of primary amides is 1. The molecule has 1 aromatic rings. The second-order valence-electron chi connectivity index (χ2n) is 4.77. The molecule has 0 heterocycles. The molecule has 0 saturated heterocycles.